The number of nitrogens with zero attached hydrogens (tertiary/aromatic N) is 3. The SMILES string of the molecule is CCNc1ncnc(Nc2ccccc2N(C)C)c1C. The molecule has 1 aromatic heterocycles. The van der Waals surface area contributed by atoms with Crippen molar-refractivity contribution in [1.82, 2.24) is 9.97 Å². The predicted molar refractivity (Wildman–Crippen MR) is 85.0 cm³/mol. The van der Waals surface area contributed by atoms with E-state index in [1.807, 2.05) is 39.2 Å². The minimum Gasteiger partial charge on any atom is -0.376 e. The summed E-state index contributed by atoms with van der Waals surface area (Å²) in [6.07, 6.45) is 1.58. The topological polar surface area (TPSA) is 53.1 Å². The summed E-state index contributed by atoms with van der Waals surface area (Å²) in [6.45, 7) is 4.90. The summed E-state index contributed by atoms with van der Waals surface area (Å²) in [4.78, 5) is 10.7. The lowest BCUT2D eigenvalue weighted by molar-refractivity contribution is 1.08. The highest BCUT2D eigenvalue weighted by molar-refractivity contribution is 5.75. The zero-order valence-electron chi connectivity index (χ0n) is 12.4. The molecule has 0 radical (unpaired) electrons. The minimum atomic E-state index is 0.824. The third-order valence-electron chi connectivity index (χ3n) is 3.07. The van der Waals surface area contributed by atoms with Crippen molar-refractivity contribution in [3.8, 4) is 0 Å². The molecule has 0 spiro atoms. The largest absolute Gasteiger partial charge is 0.376 e. The zero-order chi connectivity index (χ0) is 14.5. The fourth-order valence-corrected chi connectivity index (χ4v) is 2.02. The van der Waals surface area contributed by atoms with Gasteiger partial charge in [0.1, 0.15) is 18.0 Å². The molecule has 0 bridgehead atoms. The van der Waals surface area contributed by atoms with E-state index in [2.05, 4.69) is 38.5 Å². The second-order valence-corrected chi connectivity index (χ2v) is 4.76. The Hall–Kier alpha value is -2.30. The van der Waals surface area contributed by atoms with Gasteiger partial charge in [-0.25, -0.2) is 9.97 Å². The Morgan fingerprint density at radius 1 is 1.10 bits per heavy atom. The van der Waals surface area contributed by atoms with Crippen LogP contribution in [0.3, 0.4) is 0 Å². The van der Waals surface area contributed by atoms with Crippen molar-refractivity contribution in [2.45, 2.75) is 13.8 Å². The molecule has 1 aromatic carbocycles. The molecule has 0 aliphatic rings. The molecule has 0 amide bonds. The summed E-state index contributed by atoms with van der Waals surface area (Å²) in [6, 6.07) is 8.16. The van der Waals surface area contributed by atoms with E-state index in [1.165, 1.54) is 0 Å². The smallest absolute Gasteiger partial charge is 0.138 e. The van der Waals surface area contributed by atoms with Gasteiger partial charge in [-0.1, -0.05) is 12.1 Å². The van der Waals surface area contributed by atoms with E-state index in [0.29, 0.717) is 0 Å². The number of hydrogen-bond donors (Lipinski definition) is 2. The Labute approximate surface area is 120 Å². The number of anilines is 4. The van der Waals surface area contributed by atoms with Crippen molar-refractivity contribution >= 4 is 23.0 Å². The number of aromatic nitrogens is 2. The van der Waals surface area contributed by atoms with Gasteiger partial charge in [0, 0.05) is 26.2 Å². The van der Waals surface area contributed by atoms with Gasteiger partial charge in [0.15, 0.2) is 0 Å². The zero-order valence-corrected chi connectivity index (χ0v) is 12.4. The first-order valence-electron chi connectivity index (χ1n) is 6.72. The van der Waals surface area contributed by atoms with Crippen LogP contribution in [0.1, 0.15) is 12.5 Å². The molecular formula is C15H21N5. The van der Waals surface area contributed by atoms with Crippen molar-refractivity contribution in [2.75, 3.05) is 36.2 Å². The monoisotopic (exact) mass is 271 g/mol. The Morgan fingerprint density at radius 2 is 1.80 bits per heavy atom. The fourth-order valence-electron chi connectivity index (χ4n) is 2.02. The van der Waals surface area contributed by atoms with Crippen LogP contribution >= 0.6 is 0 Å². The van der Waals surface area contributed by atoms with Crippen LogP contribution in [0.25, 0.3) is 0 Å². The van der Waals surface area contributed by atoms with E-state index >= 15 is 0 Å². The summed E-state index contributed by atoms with van der Waals surface area (Å²) in [5.41, 5.74) is 3.17. The van der Waals surface area contributed by atoms with Gasteiger partial charge in [0.05, 0.1) is 11.4 Å². The Bertz CT molecular complexity index is 580. The van der Waals surface area contributed by atoms with E-state index < -0.39 is 0 Å². The van der Waals surface area contributed by atoms with Crippen molar-refractivity contribution in [2.24, 2.45) is 0 Å². The molecule has 0 saturated heterocycles. The maximum atomic E-state index is 4.34. The number of rotatable bonds is 5. The maximum absolute atomic E-state index is 4.34. The summed E-state index contributed by atoms with van der Waals surface area (Å²) < 4.78 is 0. The average Bonchev–Trinajstić information content (AvgIpc) is 2.44. The third kappa shape index (κ3) is 2.99. The Balaban J connectivity index is 2.33. The van der Waals surface area contributed by atoms with Gasteiger partial charge in [0.25, 0.3) is 0 Å². The van der Waals surface area contributed by atoms with Crippen LogP contribution in [0, 0.1) is 6.92 Å². The first-order valence-corrected chi connectivity index (χ1v) is 6.72. The molecule has 106 valence electrons. The number of para-hydroxylation sites is 2. The van der Waals surface area contributed by atoms with Gasteiger partial charge in [-0.15, -0.1) is 0 Å². The molecule has 2 rings (SSSR count). The number of benzene rings is 1. The summed E-state index contributed by atoms with van der Waals surface area (Å²) in [7, 11) is 4.05. The third-order valence-corrected chi connectivity index (χ3v) is 3.07. The predicted octanol–water partition coefficient (Wildman–Crippen LogP) is 3.03. The van der Waals surface area contributed by atoms with Crippen LogP contribution in [0.4, 0.5) is 23.0 Å². The number of hydrogen-bond acceptors (Lipinski definition) is 5. The quantitative estimate of drug-likeness (QED) is 0.875. The molecular weight excluding hydrogens is 250 g/mol. The molecule has 5 heteroatoms. The maximum Gasteiger partial charge on any atom is 0.138 e. The highest BCUT2D eigenvalue weighted by Gasteiger charge is 2.09. The normalized spacial score (nSPS) is 10.2. The van der Waals surface area contributed by atoms with Crippen LogP contribution in [-0.2, 0) is 0 Å². The molecule has 0 fully saturated rings. The molecule has 1 heterocycles. The summed E-state index contributed by atoms with van der Waals surface area (Å²) in [5, 5.41) is 6.63. The van der Waals surface area contributed by atoms with Gasteiger partial charge >= 0.3 is 0 Å². The van der Waals surface area contributed by atoms with Gasteiger partial charge in [-0.05, 0) is 26.0 Å². The van der Waals surface area contributed by atoms with Crippen LogP contribution in [0.2, 0.25) is 0 Å². The van der Waals surface area contributed by atoms with Gasteiger partial charge in [0.2, 0.25) is 0 Å². The van der Waals surface area contributed by atoms with Crippen molar-refractivity contribution < 1.29 is 0 Å². The standard InChI is InChI=1S/C15H21N5/c1-5-16-14-11(2)15(18-10-17-14)19-12-8-6-7-9-13(12)20(3)4/h6-10H,5H2,1-4H3,(H2,16,17,18,19). The first-order chi connectivity index (χ1) is 9.63. The molecule has 0 saturated carbocycles. The average molecular weight is 271 g/mol. The van der Waals surface area contributed by atoms with Crippen molar-refractivity contribution in [1.29, 1.82) is 0 Å². The second-order valence-electron chi connectivity index (χ2n) is 4.76. The van der Waals surface area contributed by atoms with Crippen LogP contribution < -0.4 is 15.5 Å². The second kappa shape index (κ2) is 6.23. The molecule has 2 N–H and O–H groups in total. The van der Waals surface area contributed by atoms with Crippen molar-refractivity contribution in [3.63, 3.8) is 0 Å². The van der Waals surface area contributed by atoms with E-state index in [-0.39, 0.29) is 0 Å². The molecule has 2 aromatic rings. The lowest BCUT2D eigenvalue weighted by Crippen LogP contribution is -2.11. The fraction of sp³-hybridized carbons (Fsp3) is 0.333. The molecule has 0 aliphatic carbocycles. The minimum absolute atomic E-state index is 0.824. The lowest BCUT2D eigenvalue weighted by Gasteiger charge is -2.19. The molecule has 5 nitrogen and oxygen atoms in total. The Kier molecular flexibility index (Phi) is 4.40. The molecule has 0 unspecified atom stereocenters. The van der Waals surface area contributed by atoms with E-state index in [4.69, 9.17) is 0 Å². The van der Waals surface area contributed by atoms with Gasteiger partial charge in [-0.2, -0.15) is 0 Å². The molecule has 0 atom stereocenters. The number of nitrogens with one attached hydrogen (secondary N) is 2. The first kappa shape index (κ1) is 14.1. The molecule has 20 heavy (non-hydrogen) atoms. The van der Waals surface area contributed by atoms with Crippen LogP contribution in [-0.4, -0.2) is 30.6 Å². The van der Waals surface area contributed by atoms with Crippen LogP contribution in [0.15, 0.2) is 30.6 Å². The van der Waals surface area contributed by atoms with Crippen molar-refractivity contribution in [3.05, 3.63) is 36.2 Å². The highest BCUT2D eigenvalue weighted by atomic mass is 15.1. The molecule has 0 aliphatic heterocycles. The van der Waals surface area contributed by atoms with Gasteiger partial charge in [-0.3, -0.25) is 0 Å². The Morgan fingerprint density at radius 3 is 2.50 bits per heavy atom. The van der Waals surface area contributed by atoms with E-state index in [1.54, 1.807) is 6.33 Å². The summed E-state index contributed by atoms with van der Waals surface area (Å²) in [5.74, 6) is 1.69. The van der Waals surface area contributed by atoms with Crippen LogP contribution in [0.5, 0.6) is 0 Å². The van der Waals surface area contributed by atoms with Gasteiger partial charge < -0.3 is 15.5 Å². The van der Waals surface area contributed by atoms with E-state index in [0.717, 1.165) is 35.1 Å². The highest BCUT2D eigenvalue weighted by Crippen LogP contribution is 2.28. The summed E-state index contributed by atoms with van der Waals surface area (Å²) >= 11 is 0. The van der Waals surface area contributed by atoms with E-state index in [9.17, 15) is 0 Å². The lowest BCUT2D eigenvalue weighted by atomic mass is 10.2.